The molecule has 1 aromatic heterocycles. The number of benzene rings is 2. The molecule has 0 aliphatic carbocycles. The number of carbonyl (C=O) groups excluding carboxylic acids is 1. The lowest BCUT2D eigenvalue weighted by Gasteiger charge is -2.22. The Morgan fingerprint density at radius 2 is 1.61 bits per heavy atom. The Labute approximate surface area is 168 Å². The Bertz CT molecular complexity index is 823. The van der Waals surface area contributed by atoms with Crippen molar-refractivity contribution in [2.45, 2.75) is 45.6 Å². The molecule has 2 aromatic carbocycles. The summed E-state index contributed by atoms with van der Waals surface area (Å²) in [5, 5.41) is 0. The standard InChI is InChI=1S/C25H29NO2/c1-2-3-5-9-22-13-15-23(16-14-22)25(27)26(20-24-12-8-19-28-24)18-17-21-10-6-4-7-11-21/h4,6-8,10-16,19H,2-3,5,9,17-18,20H2,1H3. The summed E-state index contributed by atoms with van der Waals surface area (Å²) in [6, 6.07) is 22.1. The zero-order valence-corrected chi connectivity index (χ0v) is 16.6. The molecule has 0 atom stereocenters. The molecule has 3 nitrogen and oxygen atoms in total. The minimum atomic E-state index is 0.0486. The number of hydrogen-bond acceptors (Lipinski definition) is 2. The molecule has 146 valence electrons. The number of aryl methyl sites for hydroxylation is 1. The van der Waals surface area contributed by atoms with E-state index < -0.39 is 0 Å². The van der Waals surface area contributed by atoms with Gasteiger partial charge in [-0.1, -0.05) is 62.2 Å². The molecule has 0 spiro atoms. The molecule has 0 unspecified atom stereocenters. The first-order valence-corrected chi connectivity index (χ1v) is 10.2. The lowest BCUT2D eigenvalue weighted by molar-refractivity contribution is 0.0733. The summed E-state index contributed by atoms with van der Waals surface area (Å²) in [4.78, 5) is 15.0. The number of carbonyl (C=O) groups is 1. The first kappa shape index (κ1) is 19.9. The monoisotopic (exact) mass is 375 g/mol. The van der Waals surface area contributed by atoms with Gasteiger partial charge >= 0.3 is 0 Å². The van der Waals surface area contributed by atoms with Crippen LogP contribution < -0.4 is 0 Å². The lowest BCUT2D eigenvalue weighted by atomic mass is 10.0. The third-order valence-electron chi connectivity index (χ3n) is 5.00. The second-order valence-electron chi connectivity index (χ2n) is 7.20. The van der Waals surface area contributed by atoms with Crippen LogP contribution in [0, 0.1) is 0 Å². The quantitative estimate of drug-likeness (QED) is 0.414. The van der Waals surface area contributed by atoms with E-state index in [2.05, 4.69) is 31.2 Å². The highest BCUT2D eigenvalue weighted by molar-refractivity contribution is 5.94. The van der Waals surface area contributed by atoms with E-state index in [1.54, 1.807) is 6.26 Å². The summed E-state index contributed by atoms with van der Waals surface area (Å²) < 4.78 is 5.48. The predicted octanol–water partition coefficient (Wildman–Crippen LogP) is 5.90. The van der Waals surface area contributed by atoms with Crippen molar-refractivity contribution in [3.05, 3.63) is 95.4 Å². The smallest absolute Gasteiger partial charge is 0.254 e. The zero-order valence-electron chi connectivity index (χ0n) is 16.6. The SMILES string of the molecule is CCCCCc1ccc(C(=O)N(CCc2ccccc2)Cc2ccco2)cc1. The van der Waals surface area contributed by atoms with Crippen LogP contribution in [0.1, 0.15) is 53.4 Å². The van der Waals surface area contributed by atoms with E-state index in [9.17, 15) is 4.79 Å². The van der Waals surface area contributed by atoms with Gasteiger partial charge in [0.15, 0.2) is 0 Å². The molecule has 3 rings (SSSR count). The largest absolute Gasteiger partial charge is 0.467 e. The fraction of sp³-hybridized carbons (Fsp3) is 0.320. The lowest BCUT2D eigenvalue weighted by Crippen LogP contribution is -2.32. The highest BCUT2D eigenvalue weighted by Crippen LogP contribution is 2.14. The number of amides is 1. The highest BCUT2D eigenvalue weighted by Gasteiger charge is 2.17. The summed E-state index contributed by atoms with van der Waals surface area (Å²) in [7, 11) is 0. The van der Waals surface area contributed by atoms with Gasteiger partial charge in [-0.2, -0.15) is 0 Å². The topological polar surface area (TPSA) is 33.5 Å². The summed E-state index contributed by atoms with van der Waals surface area (Å²) in [6.45, 7) is 3.35. The van der Waals surface area contributed by atoms with Crippen LogP contribution in [0.5, 0.6) is 0 Å². The van der Waals surface area contributed by atoms with Gasteiger partial charge in [0.2, 0.25) is 0 Å². The fourth-order valence-electron chi connectivity index (χ4n) is 3.33. The summed E-state index contributed by atoms with van der Waals surface area (Å²) >= 11 is 0. The molecule has 0 aliphatic rings. The molecular weight excluding hydrogens is 346 g/mol. The van der Waals surface area contributed by atoms with E-state index >= 15 is 0 Å². The minimum absolute atomic E-state index is 0.0486. The van der Waals surface area contributed by atoms with Crippen LogP contribution in [0.2, 0.25) is 0 Å². The van der Waals surface area contributed by atoms with Crippen LogP contribution in [-0.2, 0) is 19.4 Å². The van der Waals surface area contributed by atoms with Gasteiger partial charge in [-0.3, -0.25) is 4.79 Å². The summed E-state index contributed by atoms with van der Waals surface area (Å²) in [5.41, 5.74) is 3.26. The number of nitrogens with zero attached hydrogens (tertiary/aromatic N) is 1. The molecule has 0 fully saturated rings. The molecule has 0 saturated heterocycles. The Hall–Kier alpha value is -2.81. The molecule has 0 bridgehead atoms. The summed E-state index contributed by atoms with van der Waals surface area (Å²) in [6.07, 6.45) is 7.22. The first-order chi connectivity index (χ1) is 13.8. The second-order valence-corrected chi connectivity index (χ2v) is 7.20. The van der Waals surface area contributed by atoms with Gasteiger partial charge in [0.1, 0.15) is 5.76 Å². The van der Waals surface area contributed by atoms with Gasteiger partial charge in [-0.05, 0) is 54.7 Å². The Balaban J connectivity index is 1.68. The Morgan fingerprint density at radius 1 is 0.857 bits per heavy atom. The van der Waals surface area contributed by atoms with E-state index in [4.69, 9.17) is 4.42 Å². The molecular formula is C25H29NO2. The van der Waals surface area contributed by atoms with Gasteiger partial charge in [-0.25, -0.2) is 0 Å². The van der Waals surface area contributed by atoms with Crippen LogP contribution in [0.3, 0.4) is 0 Å². The average molecular weight is 376 g/mol. The summed E-state index contributed by atoms with van der Waals surface area (Å²) in [5.74, 6) is 0.852. The first-order valence-electron chi connectivity index (χ1n) is 10.2. The van der Waals surface area contributed by atoms with E-state index in [0.717, 1.165) is 24.2 Å². The van der Waals surface area contributed by atoms with E-state index in [1.807, 2.05) is 47.4 Å². The molecule has 1 heterocycles. The van der Waals surface area contributed by atoms with Crippen LogP contribution in [0.4, 0.5) is 0 Å². The van der Waals surface area contributed by atoms with Crippen molar-refractivity contribution >= 4 is 5.91 Å². The molecule has 28 heavy (non-hydrogen) atoms. The van der Waals surface area contributed by atoms with Gasteiger partial charge in [0.25, 0.3) is 5.91 Å². The van der Waals surface area contributed by atoms with Crippen molar-refractivity contribution in [2.24, 2.45) is 0 Å². The molecule has 3 heteroatoms. The van der Waals surface area contributed by atoms with E-state index in [0.29, 0.717) is 13.1 Å². The maximum absolute atomic E-state index is 13.1. The van der Waals surface area contributed by atoms with E-state index in [1.165, 1.54) is 30.4 Å². The predicted molar refractivity (Wildman–Crippen MR) is 113 cm³/mol. The number of rotatable bonds is 10. The number of hydrogen-bond donors (Lipinski definition) is 0. The van der Waals surface area contributed by atoms with Crippen molar-refractivity contribution < 1.29 is 9.21 Å². The Morgan fingerprint density at radius 3 is 2.29 bits per heavy atom. The number of unbranched alkanes of at least 4 members (excludes halogenated alkanes) is 2. The second kappa shape index (κ2) is 10.5. The van der Waals surface area contributed by atoms with Gasteiger partial charge in [0, 0.05) is 12.1 Å². The Kier molecular flexibility index (Phi) is 7.48. The van der Waals surface area contributed by atoms with Crippen molar-refractivity contribution in [2.75, 3.05) is 6.54 Å². The highest BCUT2D eigenvalue weighted by atomic mass is 16.3. The fourth-order valence-corrected chi connectivity index (χ4v) is 3.33. The van der Waals surface area contributed by atoms with Crippen LogP contribution in [0.15, 0.2) is 77.4 Å². The van der Waals surface area contributed by atoms with Crippen molar-refractivity contribution in [1.82, 2.24) is 4.90 Å². The third-order valence-corrected chi connectivity index (χ3v) is 5.00. The molecule has 0 N–H and O–H groups in total. The number of furan rings is 1. The maximum Gasteiger partial charge on any atom is 0.254 e. The van der Waals surface area contributed by atoms with Crippen LogP contribution in [-0.4, -0.2) is 17.4 Å². The maximum atomic E-state index is 13.1. The van der Waals surface area contributed by atoms with Crippen molar-refractivity contribution in [3.8, 4) is 0 Å². The molecule has 0 saturated carbocycles. The van der Waals surface area contributed by atoms with E-state index in [-0.39, 0.29) is 5.91 Å². The van der Waals surface area contributed by atoms with Gasteiger partial charge in [-0.15, -0.1) is 0 Å². The molecule has 1 amide bonds. The van der Waals surface area contributed by atoms with Crippen LogP contribution in [0.25, 0.3) is 0 Å². The minimum Gasteiger partial charge on any atom is -0.467 e. The third kappa shape index (κ3) is 5.85. The molecule has 0 aliphatic heterocycles. The molecule has 0 radical (unpaired) electrons. The van der Waals surface area contributed by atoms with Crippen molar-refractivity contribution in [3.63, 3.8) is 0 Å². The van der Waals surface area contributed by atoms with Gasteiger partial charge in [0.05, 0.1) is 12.8 Å². The van der Waals surface area contributed by atoms with Crippen LogP contribution >= 0.6 is 0 Å². The van der Waals surface area contributed by atoms with Gasteiger partial charge < -0.3 is 9.32 Å². The normalized spacial score (nSPS) is 10.8. The molecule has 3 aromatic rings. The average Bonchev–Trinajstić information content (AvgIpc) is 3.25. The zero-order chi connectivity index (χ0) is 19.6. The van der Waals surface area contributed by atoms with Crippen molar-refractivity contribution in [1.29, 1.82) is 0 Å².